The van der Waals surface area contributed by atoms with Gasteiger partial charge in [-0.05, 0) is 54.2 Å². The highest BCUT2D eigenvalue weighted by Gasteiger charge is 2.09. The molecule has 0 aliphatic heterocycles. The van der Waals surface area contributed by atoms with Crippen molar-refractivity contribution in [3.8, 4) is 5.75 Å². The van der Waals surface area contributed by atoms with Crippen molar-refractivity contribution < 1.29 is 14.5 Å². The molecule has 0 aliphatic rings. The van der Waals surface area contributed by atoms with Crippen LogP contribution in [0.3, 0.4) is 0 Å². The number of carbonyl (C=O) groups is 1. The number of ether oxygens (including phenoxy) is 1. The maximum atomic E-state index is 12.3. The molecular weight excluding hydrogens is 402 g/mol. The van der Waals surface area contributed by atoms with E-state index in [2.05, 4.69) is 10.6 Å². The van der Waals surface area contributed by atoms with Crippen molar-refractivity contribution in [2.75, 3.05) is 11.9 Å². The molecular formula is C22H19N3O4S. The van der Waals surface area contributed by atoms with Gasteiger partial charge in [0.05, 0.1) is 11.5 Å². The Balaban J connectivity index is 1.47. The fourth-order valence-corrected chi connectivity index (χ4v) is 2.85. The van der Waals surface area contributed by atoms with Crippen LogP contribution in [0, 0.1) is 10.1 Å². The van der Waals surface area contributed by atoms with Crippen molar-refractivity contribution >= 4 is 34.6 Å². The van der Waals surface area contributed by atoms with Crippen molar-refractivity contribution in [3.05, 3.63) is 100 Å². The number of nitrogens with zero attached hydrogens (tertiary/aromatic N) is 1. The number of hydrogen-bond acceptors (Lipinski definition) is 5. The minimum absolute atomic E-state index is 0.0263. The molecule has 30 heavy (non-hydrogen) atoms. The Hall–Kier alpha value is -3.78. The minimum atomic E-state index is -0.487. The molecule has 0 spiro atoms. The third kappa shape index (κ3) is 6.11. The van der Waals surface area contributed by atoms with Gasteiger partial charge in [-0.15, -0.1) is 0 Å². The van der Waals surface area contributed by atoms with Crippen LogP contribution in [0.2, 0.25) is 0 Å². The molecule has 0 aliphatic carbocycles. The molecule has 8 heteroatoms. The average Bonchev–Trinajstić information content (AvgIpc) is 2.75. The molecule has 3 rings (SSSR count). The third-order valence-corrected chi connectivity index (χ3v) is 4.39. The lowest BCUT2D eigenvalue weighted by atomic mass is 10.2. The zero-order chi connectivity index (χ0) is 21.3. The van der Waals surface area contributed by atoms with E-state index in [-0.39, 0.29) is 16.7 Å². The van der Waals surface area contributed by atoms with Gasteiger partial charge in [0, 0.05) is 29.8 Å². The van der Waals surface area contributed by atoms with E-state index in [0.717, 1.165) is 6.42 Å². The molecule has 0 heterocycles. The summed E-state index contributed by atoms with van der Waals surface area (Å²) in [6.07, 6.45) is 0.797. The van der Waals surface area contributed by atoms with Gasteiger partial charge in [0.1, 0.15) is 5.75 Å². The molecule has 7 nitrogen and oxygen atoms in total. The van der Waals surface area contributed by atoms with Crippen LogP contribution in [0.4, 0.5) is 11.4 Å². The van der Waals surface area contributed by atoms with Crippen LogP contribution in [0.25, 0.3) is 0 Å². The zero-order valence-electron chi connectivity index (χ0n) is 15.9. The Morgan fingerprint density at radius 3 is 2.27 bits per heavy atom. The van der Waals surface area contributed by atoms with E-state index in [0.29, 0.717) is 23.6 Å². The first-order valence-corrected chi connectivity index (χ1v) is 9.56. The van der Waals surface area contributed by atoms with Crippen molar-refractivity contribution in [2.45, 2.75) is 6.42 Å². The molecule has 0 fully saturated rings. The van der Waals surface area contributed by atoms with E-state index >= 15 is 0 Å². The van der Waals surface area contributed by atoms with Gasteiger partial charge in [-0.1, -0.05) is 30.3 Å². The lowest BCUT2D eigenvalue weighted by molar-refractivity contribution is -0.384. The van der Waals surface area contributed by atoms with Crippen LogP contribution in [0.1, 0.15) is 15.9 Å². The number of rotatable bonds is 7. The maximum absolute atomic E-state index is 12.3. The molecule has 3 aromatic carbocycles. The molecule has 152 valence electrons. The lowest BCUT2D eigenvalue weighted by Gasteiger charge is -2.10. The molecule has 2 N–H and O–H groups in total. The number of nitro benzene ring substituents is 1. The summed E-state index contributed by atoms with van der Waals surface area (Å²) in [5.41, 5.74) is 2.13. The predicted octanol–water partition coefficient (Wildman–Crippen LogP) is 4.34. The van der Waals surface area contributed by atoms with Gasteiger partial charge in [0.2, 0.25) is 0 Å². The SMILES string of the molecule is O=C(NC(=S)Nc1ccc([N+](=O)[O-])cc1)c1ccc(OCCc2ccccc2)cc1. The number of benzene rings is 3. The summed E-state index contributed by atoms with van der Waals surface area (Å²) in [7, 11) is 0. The van der Waals surface area contributed by atoms with Crippen molar-refractivity contribution in [1.29, 1.82) is 0 Å². The van der Waals surface area contributed by atoms with Crippen LogP contribution in [-0.2, 0) is 6.42 Å². The highest BCUT2D eigenvalue weighted by molar-refractivity contribution is 7.80. The predicted molar refractivity (Wildman–Crippen MR) is 119 cm³/mol. The summed E-state index contributed by atoms with van der Waals surface area (Å²) in [6, 6.07) is 22.5. The first-order valence-electron chi connectivity index (χ1n) is 9.15. The molecule has 0 atom stereocenters. The quantitative estimate of drug-likeness (QED) is 0.335. The van der Waals surface area contributed by atoms with E-state index < -0.39 is 4.92 Å². The van der Waals surface area contributed by atoms with Crippen molar-refractivity contribution in [1.82, 2.24) is 5.32 Å². The first kappa shape index (κ1) is 20.9. The van der Waals surface area contributed by atoms with E-state index in [1.165, 1.54) is 29.8 Å². The molecule has 0 aromatic heterocycles. The summed E-state index contributed by atoms with van der Waals surface area (Å²) in [6.45, 7) is 0.540. The van der Waals surface area contributed by atoms with Crippen molar-refractivity contribution in [2.24, 2.45) is 0 Å². The largest absolute Gasteiger partial charge is 0.493 e. The van der Waals surface area contributed by atoms with Gasteiger partial charge < -0.3 is 10.1 Å². The summed E-state index contributed by atoms with van der Waals surface area (Å²) in [4.78, 5) is 22.5. The molecule has 0 unspecified atom stereocenters. The van der Waals surface area contributed by atoms with E-state index in [1.54, 1.807) is 24.3 Å². The zero-order valence-corrected chi connectivity index (χ0v) is 16.7. The standard InChI is InChI=1S/C22H19N3O4S/c26-21(24-22(30)23-18-8-10-19(11-9-18)25(27)28)17-6-12-20(13-7-17)29-15-14-16-4-2-1-3-5-16/h1-13H,14-15H2,(H2,23,24,26,30). The summed E-state index contributed by atoms with van der Waals surface area (Å²) < 4.78 is 5.71. The highest BCUT2D eigenvalue weighted by Crippen LogP contribution is 2.16. The fraction of sp³-hybridized carbons (Fsp3) is 0.0909. The molecule has 0 saturated carbocycles. The first-order chi connectivity index (χ1) is 14.5. The number of hydrogen-bond donors (Lipinski definition) is 2. The van der Waals surface area contributed by atoms with Gasteiger partial charge in [-0.2, -0.15) is 0 Å². The normalized spacial score (nSPS) is 10.1. The Kier molecular flexibility index (Phi) is 7.07. The summed E-state index contributed by atoms with van der Waals surface area (Å²) in [5, 5.41) is 16.2. The second-order valence-corrected chi connectivity index (χ2v) is 6.73. The smallest absolute Gasteiger partial charge is 0.269 e. The summed E-state index contributed by atoms with van der Waals surface area (Å²) in [5.74, 6) is 0.305. The molecule has 0 radical (unpaired) electrons. The van der Waals surface area contributed by atoms with E-state index in [1.807, 2.05) is 30.3 Å². The highest BCUT2D eigenvalue weighted by atomic mass is 32.1. The van der Waals surface area contributed by atoms with E-state index in [4.69, 9.17) is 17.0 Å². The van der Waals surface area contributed by atoms with Gasteiger partial charge in [0.15, 0.2) is 5.11 Å². The van der Waals surface area contributed by atoms with Gasteiger partial charge in [0.25, 0.3) is 11.6 Å². The number of anilines is 1. The van der Waals surface area contributed by atoms with Crippen LogP contribution in [0.5, 0.6) is 5.75 Å². The second kappa shape index (κ2) is 10.1. The monoisotopic (exact) mass is 421 g/mol. The Morgan fingerprint density at radius 1 is 0.967 bits per heavy atom. The van der Waals surface area contributed by atoms with Gasteiger partial charge in [-0.3, -0.25) is 20.2 Å². The minimum Gasteiger partial charge on any atom is -0.493 e. The van der Waals surface area contributed by atoms with Crippen LogP contribution < -0.4 is 15.4 Å². The molecule has 0 bridgehead atoms. The number of thiocarbonyl (C=S) groups is 1. The van der Waals surface area contributed by atoms with Gasteiger partial charge >= 0.3 is 0 Å². The molecule has 0 saturated heterocycles. The number of nitrogens with one attached hydrogen (secondary N) is 2. The van der Waals surface area contributed by atoms with Gasteiger partial charge in [-0.25, -0.2) is 0 Å². The molecule has 1 amide bonds. The van der Waals surface area contributed by atoms with Crippen LogP contribution in [-0.4, -0.2) is 22.5 Å². The van der Waals surface area contributed by atoms with Crippen LogP contribution in [0.15, 0.2) is 78.9 Å². The number of non-ortho nitro benzene ring substituents is 1. The number of carbonyl (C=O) groups excluding carboxylic acids is 1. The molecule has 3 aromatic rings. The topological polar surface area (TPSA) is 93.5 Å². The maximum Gasteiger partial charge on any atom is 0.269 e. The fourth-order valence-electron chi connectivity index (χ4n) is 2.64. The number of nitro groups is 1. The Labute approximate surface area is 178 Å². The average molecular weight is 421 g/mol. The third-order valence-electron chi connectivity index (χ3n) is 4.18. The summed E-state index contributed by atoms with van der Waals surface area (Å²) >= 11 is 5.12. The van der Waals surface area contributed by atoms with Crippen LogP contribution >= 0.6 is 12.2 Å². The Bertz CT molecular complexity index is 1020. The van der Waals surface area contributed by atoms with Crippen molar-refractivity contribution in [3.63, 3.8) is 0 Å². The number of amides is 1. The second-order valence-electron chi connectivity index (χ2n) is 6.32. The Morgan fingerprint density at radius 2 is 1.63 bits per heavy atom. The lowest BCUT2D eigenvalue weighted by Crippen LogP contribution is -2.34. The van der Waals surface area contributed by atoms with E-state index in [9.17, 15) is 14.9 Å².